The van der Waals surface area contributed by atoms with Gasteiger partial charge in [0.25, 0.3) is 0 Å². The fourth-order valence-corrected chi connectivity index (χ4v) is 9.28. The van der Waals surface area contributed by atoms with Gasteiger partial charge in [0.2, 0.25) is 12.1 Å². The van der Waals surface area contributed by atoms with E-state index in [1.54, 1.807) is 0 Å². The van der Waals surface area contributed by atoms with Gasteiger partial charge in [0.05, 0.1) is 50.9 Å². The van der Waals surface area contributed by atoms with Crippen LogP contribution in [-0.4, -0.2) is 93.3 Å². The van der Waals surface area contributed by atoms with Crippen molar-refractivity contribution in [1.82, 2.24) is 9.80 Å². The van der Waals surface area contributed by atoms with Gasteiger partial charge in [-0.25, -0.2) is 0 Å². The van der Waals surface area contributed by atoms with Crippen molar-refractivity contribution in [1.29, 1.82) is 0 Å². The van der Waals surface area contributed by atoms with E-state index < -0.39 is 6.03 Å². The Bertz CT molecular complexity index is 1800. The summed E-state index contributed by atoms with van der Waals surface area (Å²) in [6, 6.07) is 9.21. The highest BCUT2D eigenvalue weighted by Gasteiger charge is 2.76. The first-order chi connectivity index (χ1) is 23.0. The SMILES string of the molecule is C[N+]1=C2N(CCCN2Cc2cc(C(C)(C)C)cc3c2OC24Oc5c(cc(C(C)(C)C)cc5C(C)(C)C)C=[N+]2C2CCCCC2[N+]4=C3)CCC1. The zero-order valence-corrected chi connectivity index (χ0v) is 31.9. The van der Waals surface area contributed by atoms with Crippen LogP contribution < -0.4 is 9.47 Å². The second kappa shape index (κ2) is 11.1. The van der Waals surface area contributed by atoms with Crippen LogP contribution in [0.4, 0.5) is 0 Å². The van der Waals surface area contributed by atoms with Gasteiger partial charge in [-0.05, 0) is 58.4 Å². The van der Waals surface area contributed by atoms with Crippen LogP contribution in [0, 0.1) is 0 Å². The molecule has 2 aromatic carbocycles. The number of hydrogen-bond donors (Lipinski definition) is 0. The minimum atomic E-state index is -1.05. The molecule has 1 saturated carbocycles. The van der Waals surface area contributed by atoms with Crippen LogP contribution >= 0.6 is 0 Å². The Labute approximate surface area is 294 Å². The average Bonchev–Trinajstić information content (AvgIpc) is 3.29. The minimum absolute atomic E-state index is 0.0142. The first-order valence-corrected chi connectivity index (χ1v) is 19.1. The summed E-state index contributed by atoms with van der Waals surface area (Å²) >= 11 is 0. The third kappa shape index (κ3) is 5.31. The van der Waals surface area contributed by atoms with E-state index in [-0.39, 0.29) is 16.2 Å². The third-order valence-corrected chi connectivity index (χ3v) is 12.0. The van der Waals surface area contributed by atoms with Gasteiger partial charge in [-0.15, -0.1) is 0 Å². The van der Waals surface area contributed by atoms with Gasteiger partial charge in [0.15, 0.2) is 23.9 Å². The molecule has 0 amide bonds. The molecule has 0 aromatic heterocycles. The molecule has 6 aliphatic rings. The maximum Gasteiger partial charge on any atom is 0.704 e. The van der Waals surface area contributed by atoms with Crippen LogP contribution in [0.3, 0.4) is 0 Å². The Morgan fingerprint density at radius 1 is 0.694 bits per heavy atom. The summed E-state index contributed by atoms with van der Waals surface area (Å²) < 4.78 is 22.5. The van der Waals surface area contributed by atoms with Crippen LogP contribution in [0.1, 0.15) is 134 Å². The summed E-state index contributed by atoms with van der Waals surface area (Å²) in [7, 11) is 2.27. The van der Waals surface area contributed by atoms with Crippen molar-refractivity contribution < 1.29 is 23.2 Å². The summed E-state index contributed by atoms with van der Waals surface area (Å²) in [4.78, 5) is 5.21. The van der Waals surface area contributed by atoms with Crippen molar-refractivity contribution >= 4 is 18.4 Å². The Hall–Kier alpha value is -3.35. The lowest BCUT2D eigenvalue weighted by atomic mass is 9.79. The lowest BCUT2D eigenvalue weighted by Crippen LogP contribution is -2.60. The first-order valence-electron chi connectivity index (χ1n) is 19.1. The Morgan fingerprint density at radius 3 is 1.88 bits per heavy atom. The summed E-state index contributed by atoms with van der Waals surface area (Å²) in [5.74, 6) is 3.32. The van der Waals surface area contributed by atoms with Gasteiger partial charge in [-0.1, -0.05) is 77.5 Å². The van der Waals surface area contributed by atoms with Gasteiger partial charge in [0, 0.05) is 36.8 Å². The molecule has 0 radical (unpaired) electrons. The molecule has 7 nitrogen and oxygen atoms in total. The van der Waals surface area contributed by atoms with Crippen LogP contribution in [0.15, 0.2) is 24.3 Å². The summed E-state index contributed by atoms with van der Waals surface area (Å²) in [5.41, 5.74) is 7.52. The molecule has 1 spiro atoms. The number of guanidine groups is 1. The van der Waals surface area contributed by atoms with E-state index in [2.05, 4.69) is 130 Å². The predicted octanol–water partition coefficient (Wildman–Crippen LogP) is 6.77. The van der Waals surface area contributed by atoms with Gasteiger partial charge >= 0.3 is 12.0 Å². The molecule has 7 heteroatoms. The molecular weight excluding hydrogens is 606 g/mol. The van der Waals surface area contributed by atoms with Crippen molar-refractivity contribution in [3.63, 3.8) is 0 Å². The molecule has 8 rings (SSSR count). The summed E-state index contributed by atoms with van der Waals surface area (Å²) in [6.07, 6.45) is 12.0. The second-order valence-electron chi connectivity index (χ2n) is 18.8. The van der Waals surface area contributed by atoms with Crippen LogP contribution in [-0.2, 0) is 22.8 Å². The Kier molecular flexibility index (Phi) is 7.42. The summed E-state index contributed by atoms with van der Waals surface area (Å²) in [5, 5.41) is 0. The van der Waals surface area contributed by atoms with E-state index >= 15 is 0 Å². The fraction of sp³-hybridized carbons (Fsp3) is 0.643. The molecule has 3 unspecified atom stereocenters. The molecule has 5 heterocycles. The zero-order chi connectivity index (χ0) is 34.7. The van der Waals surface area contributed by atoms with Gasteiger partial charge in [-0.2, -0.15) is 0 Å². The lowest BCUT2D eigenvalue weighted by molar-refractivity contribution is -0.866. The molecule has 2 saturated heterocycles. The molecule has 3 fully saturated rings. The van der Waals surface area contributed by atoms with Crippen molar-refractivity contribution in [2.24, 2.45) is 0 Å². The molecule has 0 N–H and O–H groups in total. The van der Waals surface area contributed by atoms with E-state index in [4.69, 9.17) is 9.47 Å². The van der Waals surface area contributed by atoms with Gasteiger partial charge in [0.1, 0.15) is 0 Å². The highest BCUT2D eigenvalue weighted by Crippen LogP contribution is 2.49. The van der Waals surface area contributed by atoms with Crippen molar-refractivity contribution in [2.75, 3.05) is 33.2 Å². The smallest absolute Gasteiger partial charge is 0.340 e. The van der Waals surface area contributed by atoms with E-state index in [0.29, 0.717) is 12.1 Å². The predicted molar refractivity (Wildman–Crippen MR) is 197 cm³/mol. The number of fused-ring (bicyclic) bond motifs is 6. The number of benzene rings is 2. The molecule has 49 heavy (non-hydrogen) atoms. The molecule has 3 atom stereocenters. The Morgan fingerprint density at radius 2 is 1.27 bits per heavy atom. The van der Waals surface area contributed by atoms with E-state index in [0.717, 1.165) is 57.1 Å². The molecular formula is C42H60N5O2+3. The van der Waals surface area contributed by atoms with Gasteiger partial charge < -0.3 is 9.47 Å². The van der Waals surface area contributed by atoms with Crippen molar-refractivity contribution in [3.05, 3.63) is 57.6 Å². The normalized spacial score (nSPS) is 26.3. The number of rotatable bonds is 2. The van der Waals surface area contributed by atoms with Crippen molar-refractivity contribution in [2.45, 2.75) is 142 Å². The highest BCUT2D eigenvalue weighted by molar-refractivity contribution is 5.85. The molecule has 0 bridgehead atoms. The van der Waals surface area contributed by atoms with E-state index in [1.165, 1.54) is 65.0 Å². The zero-order valence-electron chi connectivity index (χ0n) is 31.9. The largest absolute Gasteiger partial charge is 0.704 e. The maximum atomic E-state index is 7.57. The fourth-order valence-electron chi connectivity index (χ4n) is 9.28. The standard InChI is InChI=1S/C42H60N5O2/c1-39(2,3)31-21-28(25-45-20-14-19-44-18-13-17-43(10)38(44)45)36-29(22-31)26-46-34-15-11-12-16-35(34)47-27-30-23-32(40(4,5)6)24-33(41(7,8)9)37(30)49-42(46,47)48-36/h21-24,26-27,34-35H,11-20,25H2,1-10H3/q+3. The topological polar surface area (TPSA) is 34.0 Å². The second-order valence-corrected chi connectivity index (χ2v) is 18.8. The van der Waals surface area contributed by atoms with Crippen LogP contribution in [0.25, 0.3) is 0 Å². The summed E-state index contributed by atoms with van der Waals surface area (Å²) in [6.45, 7) is 26.2. The van der Waals surface area contributed by atoms with Crippen molar-refractivity contribution in [3.8, 4) is 11.5 Å². The Balaban J connectivity index is 1.31. The van der Waals surface area contributed by atoms with Crippen LogP contribution in [0.5, 0.6) is 11.5 Å². The first kappa shape index (κ1) is 32.8. The highest BCUT2D eigenvalue weighted by atomic mass is 16.7. The maximum absolute atomic E-state index is 7.57. The van der Waals surface area contributed by atoms with Gasteiger partial charge in [-0.3, -0.25) is 14.4 Å². The average molecular weight is 667 g/mol. The molecule has 262 valence electrons. The minimum Gasteiger partial charge on any atom is -0.340 e. The number of hydrogen-bond acceptors (Lipinski definition) is 4. The van der Waals surface area contributed by atoms with E-state index in [1.807, 2.05) is 0 Å². The molecule has 5 aliphatic heterocycles. The molecule has 1 aliphatic carbocycles. The number of nitrogens with zero attached hydrogens (tertiary/aromatic N) is 5. The van der Waals surface area contributed by atoms with E-state index in [9.17, 15) is 0 Å². The lowest BCUT2D eigenvalue weighted by Gasteiger charge is -2.37. The number of ether oxygens (including phenoxy) is 2. The quantitative estimate of drug-likeness (QED) is 0.332. The molecule has 2 aromatic rings. The monoisotopic (exact) mass is 666 g/mol. The third-order valence-electron chi connectivity index (χ3n) is 12.0. The van der Waals surface area contributed by atoms with Crippen LogP contribution in [0.2, 0.25) is 0 Å².